The molecule has 4 heteroatoms. The summed E-state index contributed by atoms with van der Waals surface area (Å²) in [4.78, 5) is 11.9. The predicted octanol–water partition coefficient (Wildman–Crippen LogP) is 2.60. The average molecular weight is 257 g/mol. The first-order valence-electron chi connectivity index (χ1n) is 6.57. The van der Waals surface area contributed by atoms with E-state index in [9.17, 15) is 4.79 Å². The maximum Gasteiger partial charge on any atom is 0.272 e. The fourth-order valence-corrected chi connectivity index (χ4v) is 1.97. The van der Waals surface area contributed by atoms with Gasteiger partial charge in [-0.1, -0.05) is 43.2 Å². The van der Waals surface area contributed by atoms with Gasteiger partial charge < -0.3 is 5.32 Å². The Bertz CT molecular complexity index is 560. The van der Waals surface area contributed by atoms with E-state index in [0.29, 0.717) is 12.2 Å². The van der Waals surface area contributed by atoms with Gasteiger partial charge in [0.2, 0.25) is 0 Å². The van der Waals surface area contributed by atoms with E-state index >= 15 is 0 Å². The normalized spacial score (nSPS) is 10.4. The zero-order valence-corrected chi connectivity index (χ0v) is 11.4. The minimum Gasteiger partial charge on any atom is -0.347 e. The van der Waals surface area contributed by atoms with Crippen LogP contribution in [-0.4, -0.2) is 16.1 Å². The van der Waals surface area contributed by atoms with E-state index in [2.05, 4.69) is 28.5 Å². The van der Waals surface area contributed by atoms with Crippen LogP contribution < -0.4 is 5.32 Å². The van der Waals surface area contributed by atoms with Crippen molar-refractivity contribution in [2.75, 3.05) is 0 Å². The van der Waals surface area contributed by atoms with Crippen molar-refractivity contribution in [3.8, 4) is 0 Å². The van der Waals surface area contributed by atoms with Crippen LogP contribution in [0.5, 0.6) is 0 Å². The van der Waals surface area contributed by atoms with Gasteiger partial charge in [-0.15, -0.1) is 0 Å². The van der Waals surface area contributed by atoms with Crippen molar-refractivity contribution in [3.63, 3.8) is 0 Å². The van der Waals surface area contributed by atoms with Gasteiger partial charge in [0.1, 0.15) is 5.69 Å². The molecule has 0 aliphatic rings. The van der Waals surface area contributed by atoms with E-state index in [0.717, 1.165) is 24.1 Å². The number of rotatable bonds is 5. The van der Waals surface area contributed by atoms with Crippen molar-refractivity contribution in [1.29, 1.82) is 0 Å². The average Bonchev–Trinajstić information content (AvgIpc) is 2.85. The zero-order chi connectivity index (χ0) is 13.7. The number of carbonyl (C=O) groups is 1. The number of hydrogen-bond acceptors (Lipinski definition) is 2. The molecule has 100 valence electrons. The van der Waals surface area contributed by atoms with Gasteiger partial charge in [-0.3, -0.25) is 9.89 Å². The molecule has 2 rings (SSSR count). The Hall–Kier alpha value is -2.10. The number of H-pyrrole nitrogens is 1. The molecule has 0 atom stereocenters. The second-order valence-corrected chi connectivity index (χ2v) is 4.70. The van der Waals surface area contributed by atoms with Crippen molar-refractivity contribution in [1.82, 2.24) is 15.5 Å². The Labute approximate surface area is 113 Å². The molecule has 2 aromatic rings. The van der Waals surface area contributed by atoms with Crippen LogP contribution in [0.3, 0.4) is 0 Å². The van der Waals surface area contributed by atoms with E-state index in [-0.39, 0.29) is 5.91 Å². The van der Waals surface area contributed by atoms with Gasteiger partial charge in [0.05, 0.1) is 0 Å². The molecule has 19 heavy (non-hydrogen) atoms. The van der Waals surface area contributed by atoms with Crippen LogP contribution in [0.1, 0.15) is 40.7 Å². The Balaban J connectivity index is 1.93. The highest BCUT2D eigenvalue weighted by Gasteiger charge is 2.09. The fourth-order valence-electron chi connectivity index (χ4n) is 1.97. The second-order valence-electron chi connectivity index (χ2n) is 4.70. The summed E-state index contributed by atoms with van der Waals surface area (Å²) in [5, 5.41) is 9.79. The first kappa shape index (κ1) is 13.3. The summed E-state index contributed by atoms with van der Waals surface area (Å²) in [5.74, 6) is -0.139. The molecule has 1 amide bonds. The first-order valence-corrected chi connectivity index (χ1v) is 6.57. The molecule has 0 fully saturated rings. The quantitative estimate of drug-likeness (QED) is 0.865. The molecule has 0 unspecified atom stereocenters. The van der Waals surface area contributed by atoms with E-state index in [4.69, 9.17) is 0 Å². The SMILES string of the molecule is CCCc1cc(C(=O)NCc2cccc(C)c2)n[nH]1. The van der Waals surface area contributed by atoms with Gasteiger partial charge in [0, 0.05) is 12.2 Å². The summed E-state index contributed by atoms with van der Waals surface area (Å²) >= 11 is 0. The Morgan fingerprint density at radius 3 is 2.95 bits per heavy atom. The van der Waals surface area contributed by atoms with Gasteiger partial charge in [-0.05, 0) is 25.0 Å². The lowest BCUT2D eigenvalue weighted by Crippen LogP contribution is -2.23. The molecule has 1 aromatic heterocycles. The molecule has 0 saturated heterocycles. The van der Waals surface area contributed by atoms with Crippen LogP contribution in [0, 0.1) is 6.92 Å². The van der Waals surface area contributed by atoms with Crippen LogP contribution >= 0.6 is 0 Å². The minimum atomic E-state index is -0.139. The van der Waals surface area contributed by atoms with Gasteiger partial charge in [-0.2, -0.15) is 5.10 Å². The molecule has 0 spiro atoms. The molecule has 1 heterocycles. The van der Waals surface area contributed by atoms with Crippen LogP contribution in [0.2, 0.25) is 0 Å². The van der Waals surface area contributed by atoms with Crippen molar-refractivity contribution < 1.29 is 4.79 Å². The summed E-state index contributed by atoms with van der Waals surface area (Å²) in [6.07, 6.45) is 1.95. The Morgan fingerprint density at radius 2 is 2.21 bits per heavy atom. The van der Waals surface area contributed by atoms with Gasteiger partial charge in [0.25, 0.3) is 5.91 Å². The van der Waals surface area contributed by atoms with Crippen molar-refractivity contribution in [3.05, 3.63) is 52.8 Å². The molecule has 4 nitrogen and oxygen atoms in total. The van der Waals surface area contributed by atoms with Crippen LogP contribution in [-0.2, 0) is 13.0 Å². The molecule has 0 saturated carbocycles. The van der Waals surface area contributed by atoms with Crippen LogP contribution in [0.4, 0.5) is 0 Å². The summed E-state index contributed by atoms with van der Waals surface area (Å²) in [7, 11) is 0. The highest BCUT2D eigenvalue weighted by molar-refractivity contribution is 5.92. The maximum atomic E-state index is 11.9. The molecule has 0 aliphatic carbocycles. The van der Waals surface area contributed by atoms with E-state index in [1.807, 2.05) is 31.2 Å². The predicted molar refractivity (Wildman–Crippen MR) is 74.9 cm³/mol. The highest BCUT2D eigenvalue weighted by atomic mass is 16.1. The standard InChI is InChI=1S/C15H19N3O/c1-3-5-13-9-14(18-17-13)15(19)16-10-12-7-4-6-11(2)8-12/h4,6-9H,3,5,10H2,1-2H3,(H,16,19)(H,17,18). The highest BCUT2D eigenvalue weighted by Crippen LogP contribution is 2.05. The number of aromatic amines is 1. The third-order valence-electron chi connectivity index (χ3n) is 2.92. The van der Waals surface area contributed by atoms with Gasteiger partial charge in [0.15, 0.2) is 0 Å². The zero-order valence-electron chi connectivity index (χ0n) is 11.4. The Morgan fingerprint density at radius 1 is 1.37 bits per heavy atom. The molecule has 0 radical (unpaired) electrons. The fraction of sp³-hybridized carbons (Fsp3) is 0.333. The molecule has 2 N–H and O–H groups in total. The van der Waals surface area contributed by atoms with Crippen molar-refractivity contribution >= 4 is 5.91 Å². The van der Waals surface area contributed by atoms with E-state index < -0.39 is 0 Å². The summed E-state index contributed by atoms with van der Waals surface area (Å²) in [5.41, 5.74) is 3.74. The lowest BCUT2D eigenvalue weighted by Gasteiger charge is -2.04. The number of aryl methyl sites for hydroxylation is 2. The number of aromatic nitrogens is 2. The van der Waals surface area contributed by atoms with Crippen LogP contribution in [0.25, 0.3) is 0 Å². The number of carbonyl (C=O) groups excluding carboxylic acids is 1. The number of benzene rings is 1. The van der Waals surface area contributed by atoms with Crippen molar-refractivity contribution in [2.24, 2.45) is 0 Å². The molecular weight excluding hydrogens is 238 g/mol. The summed E-state index contributed by atoms with van der Waals surface area (Å²) in [6, 6.07) is 9.91. The van der Waals surface area contributed by atoms with E-state index in [1.54, 1.807) is 0 Å². The monoisotopic (exact) mass is 257 g/mol. The molecule has 0 aliphatic heterocycles. The number of hydrogen-bond donors (Lipinski definition) is 2. The topological polar surface area (TPSA) is 57.8 Å². The smallest absolute Gasteiger partial charge is 0.272 e. The minimum absolute atomic E-state index is 0.139. The number of amides is 1. The Kier molecular flexibility index (Phi) is 4.34. The third kappa shape index (κ3) is 3.68. The number of nitrogens with one attached hydrogen (secondary N) is 2. The second kappa shape index (κ2) is 6.18. The largest absolute Gasteiger partial charge is 0.347 e. The lowest BCUT2D eigenvalue weighted by atomic mass is 10.1. The first-order chi connectivity index (χ1) is 9.19. The molecule has 1 aromatic carbocycles. The van der Waals surface area contributed by atoms with Crippen LogP contribution in [0.15, 0.2) is 30.3 Å². The number of nitrogens with zero attached hydrogens (tertiary/aromatic N) is 1. The third-order valence-corrected chi connectivity index (χ3v) is 2.92. The molecular formula is C15H19N3O. The molecule has 0 bridgehead atoms. The van der Waals surface area contributed by atoms with Crippen molar-refractivity contribution in [2.45, 2.75) is 33.2 Å². The van der Waals surface area contributed by atoms with Gasteiger partial charge >= 0.3 is 0 Å². The lowest BCUT2D eigenvalue weighted by molar-refractivity contribution is 0.0946. The van der Waals surface area contributed by atoms with E-state index in [1.165, 1.54) is 5.56 Å². The summed E-state index contributed by atoms with van der Waals surface area (Å²) in [6.45, 7) is 4.66. The maximum absolute atomic E-state index is 11.9. The summed E-state index contributed by atoms with van der Waals surface area (Å²) < 4.78 is 0. The van der Waals surface area contributed by atoms with Gasteiger partial charge in [-0.25, -0.2) is 0 Å².